The molecule has 1 N–H and O–H groups in total. The van der Waals surface area contributed by atoms with Crippen LogP contribution in [0.3, 0.4) is 0 Å². The molecule has 27 heavy (non-hydrogen) atoms. The molecule has 0 amide bonds. The van der Waals surface area contributed by atoms with Gasteiger partial charge in [-0.3, -0.25) is 0 Å². The van der Waals surface area contributed by atoms with Crippen molar-refractivity contribution in [2.75, 3.05) is 41.7 Å². The molecule has 0 spiro atoms. The molecule has 2 aromatic rings. The number of methoxy groups -OCH3 is 4. The Morgan fingerprint density at radius 3 is 2.15 bits per heavy atom. The van der Waals surface area contributed by atoms with Gasteiger partial charge < -0.3 is 29.0 Å². The van der Waals surface area contributed by atoms with E-state index in [0.29, 0.717) is 54.3 Å². The van der Waals surface area contributed by atoms with Crippen molar-refractivity contribution in [2.24, 2.45) is 0 Å². The Morgan fingerprint density at radius 2 is 1.48 bits per heavy atom. The zero-order valence-corrected chi connectivity index (χ0v) is 16.9. The van der Waals surface area contributed by atoms with Crippen molar-refractivity contribution in [2.45, 2.75) is 13.1 Å². The maximum atomic E-state index is 6.35. The molecule has 0 saturated heterocycles. The second-order valence-electron chi connectivity index (χ2n) is 5.69. The van der Waals surface area contributed by atoms with Crippen molar-refractivity contribution in [1.29, 1.82) is 0 Å². The molecule has 0 aromatic heterocycles. The minimum atomic E-state index is 0.450. The monoisotopic (exact) mass is 395 g/mol. The third kappa shape index (κ3) is 5.66. The molecule has 0 heterocycles. The standard InChI is InChI=1S/C20H26ClNO5/c1-23-8-9-27-20-14(6-5-7-17(20)24-2)12-22-13-15-10-18(25-3)19(26-4)11-16(15)21/h5-7,10-11,22H,8-9,12-13H2,1-4H3. The molecule has 0 aliphatic carbocycles. The van der Waals surface area contributed by atoms with Crippen LogP contribution in [0.2, 0.25) is 5.02 Å². The molecule has 148 valence electrons. The quantitative estimate of drug-likeness (QED) is 0.586. The summed E-state index contributed by atoms with van der Waals surface area (Å²) in [5, 5.41) is 4.00. The molecule has 0 aliphatic rings. The normalized spacial score (nSPS) is 10.6. The van der Waals surface area contributed by atoms with Crippen LogP contribution in [0.5, 0.6) is 23.0 Å². The van der Waals surface area contributed by atoms with Crippen molar-refractivity contribution in [3.63, 3.8) is 0 Å². The lowest BCUT2D eigenvalue weighted by Crippen LogP contribution is -2.15. The highest BCUT2D eigenvalue weighted by atomic mass is 35.5. The first-order chi connectivity index (χ1) is 13.1. The fourth-order valence-electron chi connectivity index (χ4n) is 2.62. The van der Waals surface area contributed by atoms with Crippen LogP contribution in [-0.4, -0.2) is 41.7 Å². The minimum Gasteiger partial charge on any atom is -0.493 e. The molecular weight excluding hydrogens is 370 g/mol. The average molecular weight is 396 g/mol. The lowest BCUT2D eigenvalue weighted by molar-refractivity contribution is 0.143. The maximum Gasteiger partial charge on any atom is 0.165 e. The number of benzene rings is 2. The van der Waals surface area contributed by atoms with E-state index in [1.165, 1.54) is 0 Å². The molecule has 0 aliphatic heterocycles. The molecule has 0 bridgehead atoms. The van der Waals surface area contributed by atoms with Gasteiger partial charge in [0.05, 0.1) is 27.9 Å². The molecule has 7 heteroatoms. The second kappa shape index (κ2) is 10.9. The minimum absolute atomic E-state index is 0.450. The fraction of sp³-hybridized carbons (Fsp3) is 0.400. The molecular formula is C20H26ClNO5. The van der Waals surface area contributed by atoms with Crippen LogP contribution in [0.25, 0.3) is 0 Å². The predicted octanol–water partition coefficient (Wildman–Crippen LogP) is 3.68. The average Bonchev–Trinajstić information content (AvgIpc) is 2.69. The van der Waals surface area contributed by atoms with Crippen molar-refractivity contribution in [3.8, 4) is 23.0 Å². The summed E-state index contributed by atoms with van der Waals surface area (Å²) in [7, 11) is 6.45. The van der Waals surface area contributed by atoms with Gasteiger partial charge in [-0.1, -0.05) is 23.7 Å². The number of ether oxygens (including phenoxy) is 5. The second-order valence-corrected chi connectivity index (χ2v) is 6.10. The summed E-state index contributed by atoms with van der Waals surface area (Å²) in [4.78, 5) is 0. The van der Waals surface area contributed by atoms with Crippen LogP contribution in [0.15, 0.2) is 30.3 Å². The van der Waals surface area contributed by atoms with Gasteiger partial charge in [-0.2, -0.15) is 0 Å². The maximum absolute atomic E-state index is 6.35. The van der Waals surface area contributed by atoms with Crippen LogP contribution in [-0.2, 0) is 17.8 Å². The molecule has 6 nitrogen and oxygen atoms in total. The number of hydrogen-bond donors (Lipinski definition) is 1. The molecule has 0 unspecified atom stereocenters. The molecule has 2 rings (SSSR count). The summed E-state index contributed by atoms with van der Waals surface area (Å²) in [6.45, 7) is 2.11. The summed E-state index contributed by atoms with van der Waals surface area (Å²) in [6, 6.07) is 9.42. The Labute approximate surface area is 165 Å². The number of nitrogens with one attached hydrogen (secondary N) is 1. The van der Waals surface area contributed by atoms with E-state index in [1.54, 1.807) is 34.5 Å². The first kappa shape index (κ1) is 21.2. The Balaban J connectivity index is 2.08. The van der Waals surface area contributed by atoms with Crippen molar-refractivity contribution in [1.82, 2.24) is 5.32 Å². The first-order valence-electron chi connectivity index (χ1n) is 8.53. The van der Waals surface area contributed by atoms with Gasteiger partial charge in [0.15, 0.2) is 23.0 Å². The van der Waals surface area contributed by atoms with Crippen molar-refractivity contribution < 1.29 is 23.7 Å². The van der Waals surface area contributed by atoms with Gasteiger partial charge in [0.1, 0.15) is 6.61 Å². The molecule has 0 atom stereocenters. The summed E-state index contributed by atoms with van der Waals surface area (Å²) in [6.07, 6.45) is 0. The highest BCUT2D eigenvalue weighted by Crippen LogP contribution is 2.34. The molecule has 0 fully saturated rings. The van der Waals surface area contributed by atoms with Gasteiger partial charge in [0.25, 0.3) is 0 Å². The van der Waals surface area contributed by atoms with E-state index in [4.69, 9.17) is 35.3 Å². The Bertz CT molecular complexity index is 739. The number of rotatable bonds is 11. The van der Waals surface area contributed by atoms with E-state index in [0.717, 1.165) is 11.1 Å². The SMILES string of the molecule is COCCOc1c(CNCc2cc(OC)c(OC)cc2Cl)cccc1OC. The molecule has 0 radical (unpaired) electrons. The largest absolute Gasteiger partial charge is 0.493 e. The van der Waals surface area contributed by atoms with Crippen molar-refractivity contribution in [3.05, 3.63) is 46.5 Å². The van der Waals surface area contributed by atoms with Crippen LogP contribution in [0.1, 0.15) is 11.1 Å². The smallest absolute Gasteiger partial charge is 0.165 e. The van der Waals surface area contributed by atoms with Gasteiger partial charge in [-0.15, -0.1) is 0 Å². The Kier molecular flexibility index (Phi) is 8.51. The fourth-order valence-corrected chi connectivity index (χ4v) is 2.84. The first-order valence-corrected chi connectivity index (χ1v) is 8.91. The van der Waals surface area contributed by atoms with Gasteiger partial charge >= 0.3 is 0 Å². The lowest BCUT2D eigenvalue weighted by Gasteiger charge is -2.16. The van der Waals surface area contributed by atoms with E-state index in [1.807, 2.05) is 24.3 Å². The van der Waals surface area contributed by atoms with Crippen molar-refractivity contribution >= 4 is 11.6 Å². The van der Waals surface area contributed by atoms with Gasteiger partial charge in [0.2, 0.25) is 0 Å². The number of para-hydroxylation sites is 1. The third-order valence-corrected chi connectivity index (χ3v) is 4.35. The number of hydrogen-bond acceptors (Lipinski definition) is 6. The zero-order chi connectivity index (χ0) is 19.6. The predicted molar refractivity (Wildman–Crippen MR) is 105 cm³/mol. The highest BCUT2D eigenvalue weighted by molar-refractivity contribution is 6.31. The number of halogens is 1. The lowest BCUT2D eigenvalue weighted by atomic mass is 10.1. The van der Waals surface area contributed by atoms with Gasteiger partial charge in [-0.05, 0) is 17.7 Å². The van der Waals surface area contributed by atoms with Crippen LogP contribution in [0.4, 0.5) is 0 Å². The Hall–Kier alpha value is -2.15. The van der Waals surface area contributed by atoms with E-state index >= 15 is 0 Å². The van der Waals surface area contributed by atoms with E-state index in [2.05, 4.69) is 5.32 Å². The van der Waals surface area contributed by atoms with Crippen LogP contribution >= 0.6 is 11.6 Å². The third-order valence-electron chi connectivity index (χ3n) is 4.00. The topological polar surface area (TPSA) is 58.2 Å². The van der Waals surface area contributed by atoms with E-state index in [9.17, 15) is 0 Å². The summed E-state index contributed by atoms with van der Waals surface area (Å²) in [5.74, 6) is 2.65. The van der Waals surface area contributed by atoms with Gasteiger partial charge in [-0.25, -0.2) is 0 Å². The Morgan fingerprint density at radius 1 is 0.815 bits per heavy atom. The van der Waals surface area contributed by atoms with Gasteiger partial charge in [0, 0.05) is 36.9 Å². The van der Waals surface area contributed by atoms with E-state index in [-0.39, 0.29) is 0 Å². The van der Waals surface area contributed by atoms with Crippen LogP contribution in [0, 0.1) is 0 Å². The summed E-state index contributed by atoms with van der Waals surface area (Å²) >= 11 is 6.35. The highest BCUT2D eigenvalue weighted by Gasteiger charge is 2.12. The molecule has 0 saturated carbocycles. The zero-order valence-electron chi connectivity index (χ0n) is 16.1. The van der Waals surface area contributed by atoms with E-state index < -0.39 is 0 Å². The summed E-state index contributed by atoms with van der Waals surface area (Å²) < 4.78 is 26.9. The molecule has 2 aromatic carbocycles. The van der Waals surface area contributed by atoms with Crippen LogP contribution < -0.4 is 24.3 Å². The summed E-state index contributed by atoms with van der Waals surface area (Å²) in [5.41, 5.74) is 1.90.